The molecular formula is C39H54N6O2. The summed E-state index contributed by atoms with van der Waals surface area (Å²) in [6.07, 6.45) is 8.56. The lowest BCUT2D eigenvalue weighted by Gasteiger charge is -2.39. The molecule has 0 fully saturated rings. The van der Waals surface area contributed by atoms with Gasteiger partial charge in [0, 0.05) is 23.3 Å². The lowest BCUT2D eigenvalue weighted by molar-refractivity contribution is 0.0439. The van der Waals surface area contributed by atoms with Crippen LogP contribution in [0.2, 0.25) is 0 Å². The van der Waals surface area contributed by atoms with E-state index in [1.807, 2.05) is 33.2 Å². The largest absolute Gasteiger partial charge is 0.444 e. The number of aromatic nitrogens is 4. The molecule has 4 aromatic rings. The normalized spacial score (nSPS) is 21.1. The maximum Gasteiger partial charge on any atom is 0.408 e. The lowest BCUT2D eigenvalue weighted by atomic mass is 9.74. The fraction of sp³-hybridized carbons (Fsp3) is 0.513. The van der Waals surface area contributed by atoms with Crippen molar-refractivity contribution in [3.8, 4) is 0 Å². The minimum absolute atomic E-state index is 0.0403. The van der Waals surface area contributed by atoms with Crippen LogP contribution in [0.1, 0.15) is 120 Å². The Bertz CT molecular complexity index is 1700. The van der Waals surface area contributed by atoms with E-state index in [1.54, 1.807) is 0 Å². The Hall–Kier alpha value is -3.91. The van der Waals surface area contributed by atoms with Gasteiger partial charge in [0.2, 0.25) is 0 Å². The Labute approximate surface area is 280 Å². The quantitative estimate of drug-likeness (QED) is 0.184. The molecule has 0 radical (unpaired) electrons. The van der Waals surface area contributed by atoms with Crippen molar-refractivity contribution in [2.24, 2.45) is 5.73 Å². The van der Waals surface area contributed by atoms with E-state index in [2.05, 4.69) is 116 Å². The van der Waals surface area contributed by atoms with Gasteiger partial charge in [0.25, 0.3) is 0 Å². The standard InChI is InChI=1S/C22H31N3O2.C17H23N3/c1-20(2,3)16-8-7-9-17(12-16)22(24-19(26)27-21(4,5)6)11-10-18-15(13-22)14-23-25-18;1-16(2,3)13-5-4-6-14(9-13)17(18)8-7-15-12(10-17)11-19-20-15/h7-9,12,14H,10-11,13H2,1-6H3,(H,23,25)(H,24,26);4-6,9,11H,7-8,10,18H2,1-3H3,(H,19,20). The summed E-state index contributed by atoms with van der Waals surface area (Å²) in [6, 6.07) is 17.3. The second-order valence-electron chi connectivity index (χ2n) is 16.6. The van der Waals surface area contributed by atoms with Crippen LogP contribution in [0.4, 0.5) is 4.79 Å². The average Bonchev–Trinajstić information content (AvgIpc) is 3.64. The van der Waals surface area contributed by atoms with Crippen LogP contribution in [0.15, 0.2) is 60.9 Å². The van der Waals surface area contributed by atoms with Crippen LogP contribution in [0.3, 0.4) is 0 Å². The third-order valence-electron chi connectivity index (χ3n) is 9.56. The van der Waals surface area contributed by atoms with Gasteiger partial charge >= 0.3 is 6.09 Å². The Morgan fingerprint density at radius 2 is 1.28 bits per heavy atom. The van der Waals surface area contributed by atoms with Gasteiger partial charge in [0.1, 0.15) is 5.60 Å². The molecule has 2 aliphatic carbocycles. The topological polar surface area (TPSA) is 122 Å². The van der Waals surface area contributed by atoms with Crippen molar-refractivity contribution in [1.29, 1.82) is 0 Å². The third-order valence-corrected chi connectivity index (χ3v) is 9.56. The van der Waals surface area contributed by atoms with Gasteiger partial charge in [0.05, 0.1) is 17.9 Å². The molecule has 0 saturated heterocycles. The number of hydrogen-bond acceptors (Lipinski definition) is 5. The molecule has 8 nitrogen and oxygen atoms in total. The highest BCUT2D eigenvalue weighted by molar-refractivity contribution is 5.69. The van der Waals surface area contributed by atoms with Gasteiger partial charge in [-0.25, -0.2) is 4.79 Å². The molecule has 5 N–H and O–H groups in total. The Morgan fingerprint density at radius 3 is 1.83 bits per heavy atom. The molecule has 2 atom stereocenters. The van der Waals surface area contributed by atoms with Crippen LogP contribution in [-0.4, -0.2) is 32.1 Å². The number of aryl methyl sites for hydroxylation is 2. The molecular weight excluding hydrogens is 584 g/mol. The highest BCUT2D eigenvalue weighted by Crippen LogP contribution is 2.38. The number of nitrogens with one attached hydrogen (secondary N) is 3. The molecule has 47 heavy (non-hydrogen) atoms. The number of carbonyl (C=O) groups excluding carboxylic acids is 1. The molecule has 2 unspecified atom stereocenters. The van der Waals surface area contributed by atoms with Gasteiger partial charge in [-0.3, -0.25) is 10.2 Å². The zero-order chi connectivity index (χ0) is 34.3. The van der Waals surface area contributed by atoms with E-state index in [0.717, 1.165) is 48.9 Å². The maximum absolute atomic E-state index is 12.7. The molecule has 0 aliphatic heterocycles. The number of nitrogens with zero attached hydrogens (tertiary/aromatic N) is 2. The minimum Gasteiger partial charge on any atom is -0.444 e. The van der Waals surface area contributed by atoms with E-state index in [9.17, 15) is 4.79 Å². The summed E-state index contributed by atoms with van der Waals surface area (Å²) in [5.74, 6) is 0. The van der Waals surface area contributed by atoms with Crippen LogP contribution >= 0.6 is 0 Å². The second-order valence-corrected chi connectivity index (χ2v) is 16.6. The number of alkyl carbamates (subject to hydrolysis) is 1. The first kappa shape index (κ1) is 34.4. The zero-order valence-corrected chi connectivity index (χ0v) is 29.8. The lowest BCUT2D eigenvalue weighted by Crippen LogP contribution is -2.51. The van der Waals surface area contributed by atoms with Gasteiger partial charge in [-0.05, 0) is 97.1 Å². The highest BCUT2D eigenvalue weighted by Gasteiger charge is 2.40. The van der Waals surface area contributed by atoms with Crippen LogP contribution in [0.25, 0.3) is 0 Å². The van der Waals surface area contributed by atoms with Crippen LogP contribution in [0, 0.1) is 0 Å². The van der Waals surface area contributed by atoms with Crippen molar-refractivity contribution >= 4 is 6.09 Å². The van der Waals surface area contributed by atoms with Gasteiger partial charge in [-0.1, -0.05) is 90.1 Å². The molecule has 0 spiro atoms. The molecule has 1 amide bonds. The van der Waals surface area contributed by atoms with Crippen LogP contribution in [0.5, 0.6) is 0 Å². The predicted octanol–water partition coefficient (Wildman–Crippen LogP) is 7.67. The smallest absolute Gasteiger partial charge is 0.408 e. The number of carbonyl (C=O) groups is 1. The molecule has 0 saturated carbocycles. The summed E-state index contributed by atoms with van der Waals surface area (Å²) < 4.78 is 5.58. The van der Waals surface area contributed by atoms with E-state index < -0.39 is 11.1 Å². The van der Waals surface area contributed by atoms with Crippen molar-refractivity contribution < 1.29 is 9.53 Å². The Balaban J connectivity index is 0.000000193. The number of ether oxygens (including phenoxy) is 1. The Morgan fingerprint density at radius 1 is 0.766 bits per heavy atom. The number of rotatable bonds is 3. The van der Waals surface area contributed by atoms with Gasteiger partial charge in [-0.15, -0.1) is 0 Å². The van der Waals surface area contributed by atoms with E-state index in [1.165, 1.54) is 27.9 Å². The summed E-state index contributed by atoms with van der Waals surface area (Å²) in [6.45, 7) is 19.0. The van der Waals surface area contributed by atoms with Crippen LogP contribution in [-0.2, 0) is 52.3 Å². The minimum atomic E-state index is -0.534. The first-order chi connectivity index (χ1) is 21.9. The molecule has 0 bridgehead atoms. The first-order valence-corrected chi connectivity index (χ1v) is 16.9. The summed E-state index contributed by atoms with van der Waals surface area (Å²) in [5.41, 5.74) is 15.4. The fourth-order valence-corrected chi connectivity index (χ4v) is 6.69. The summed E-state index contributed by atoms with van der Waals surface area (Å²) in [5, 5.41) is 17.7. The van der Waals surface area contributed by atoms with E-state index in [-0.39, 0.29) is 22.5 Å². The third kappa shape index (κ3) is 7.98. The maximum atomic E-state index is 12.7. The monoisotopic (exact) mass is 638 g/mol. The van der Waals surface area contributed by atoms with Crippen molar-refractivity contribution in [3.63, 3.8) is 0 Å². The fourth-order valence-electron chi connectivity index (χ4n) is 6.69. The van der Waals surface area contributed by atoms with E-state index in [4.69, 9.17) is 10.5 Å². The molecule has 2 aromatic heterocycles. The molecule has 2 aromatic carbocycles. The number of nitrogens with two attached hydrogens (primary N) is 1. The summed E-state index contributed by atoms with van der Waals surface area (Å²) >= 11 is 0. The van der Waals surface area contributed by atoms with E-state index >= 15 is 0 Å². The molecule has 2 heterocycles. The number of hydrogen-bond donors (Lipinski definition) is 4. The average molecular weight is 639 g/mol. The zero-order valence-electron chi connectivity index (χ0n) is 29.8. The van der Waals surface area contributed by atoms with E-state index in [0.29, 0.717) is 6.42 Å². The Kier molecular flexibility index (Phi) is 9.23. The number of amides is 1. The van der Waals surface area contributed by atoms with Gasteiger partial charge in [-0.2, -0.15) is 10.2 Å². The molecule has 2 aliphatic rings. The van der Waals surface area contributed by atoms with Gasteiger partial charge < -0.3 is 15.8 Å². The van der Waals surface area contributed by atoms with Crippen molar-refractivity contribution in [1.82, 2.24) is 25.7 Å². The second kappa shape index (κ2) is 12.6. The van der Waals surface area contributed by atoms with Gasteiger partial charge in [0.15, 0.2) is 0 Å². The predicted molar refractivity (Wildman–Crippen MR) is 188 cm³/mol. The molecule has 8 heteroatoms. The number of fused-ring (bicyclic) bond motifs is 2. The first-order valence-electron chi connectivity index (χ1n) is 16.9. The highest BCUT2D eigenvalue weighted by atomic mass is 16.6. The van der Waals surface area contributed by atoms with Crippen molar-refractivity contribution in [2.75, 3.05) is 0 Å². The van der Waals surface area contributed by atoms with Crippen LogP contribution < -0.4 is 11.1 Å². The van der Waals surface area contributed by atoms with Crippen molar-refractivity contribution in [3.05, 3.63) is 106 Å². The summed E-state index contributed by atoms with van der Waals surface area (Å²) in [4.78, 5) is 12.7. The SMILES string of the molecule is CC(C)(C)OC(=O)NC1(c2cccc(C(C)(C)C)c2)CCc2[nH]ncc2C1.CC(C)(C)c1cccc(C2(N)CCc3[nH]ncc3C2)c1. The van der Waals surface area contributed by atoms with Crippen molar-refractivity contribution in [2.45, 2.75) is 128 Å². The number of aromatic amines is 2. The number of benzene rings is 2. The molecule has 252 valence electrons. The number of H-pyrrole nitrogens is 2. The summed E-state index contributed by atoms with van der Waals surface area (Å²) in [7, 11) is 0. The molecule has 6 rings (SSSR count).